The van der Waals surface area contributed by atoms with E-state index in [1.54, 1.807) is 6.07 Å². The Kier molecular flexibility index (Phi) is 4.94. The number of amides is 2. The number of pyridine rings is 1. The second-order valence-electron chi connectivity index (χ2n) is 9.03. The first-order valence-corrected chi connectivity index (χ1v) is 10.9. The van der Waals surface area contributed by atoms with Crippen molar-refractivity contribution >= 4 is 40.3 Å². The number of fused-ring (bicyclic) bond motifs is 2. The van der Waals surface area contributed by atoms with Crippen LogP contribution in [0.4, 0.5) is 26.2 Å². The lowest BCUT2D eigenvalue weighted by atomic mass is 9.83. The van der Waals surface area contributed by atoms with Crippen molar-refractivity contribution in [1.82, 2.24) is 30.0 Å². The van der Waals surface area contributed by atoms with Crippen molar-refractivity contribution in [3.63, 3.8) is 0 Å². The Morgan fingerprint density at radius 1 is 1.37 bits per heavy atom. The van der Waals surface area contributed by atoms with Crippen LogP contribution in [-0.4, -0.2) is 48.5 Å². The van der Waals surface area contributed by atoms with Gasteiger partial charge in [-0.05, 0) is 32.8 Å². The van der Waals surface area contributed by atoms with Gasteiger partial charge >= 0.3 is 0 Å². The van der Waals surface area contributed by atoms with E-state index in [0.717, 1.165) is 19.8 Å². The zero-order chi connectivity index (χ0) is 25.1. The van der Waals surface area contributed by atoms with Gasteiger partial charge in [0.1, 0.15) is 17.3 Å². The highest BCUT2D eigenvalue weighted by atomic mass is 19.3. The quantitative estimate of drug-likeness (QED) is 0.362. The van der Waals surface area contributed by atoms with E-state index in [4.69, 9.17) is 12.3 Å². The van der Waals surface area contributed by atoms with Gasteiger partial charge in [0.05, 0.1) is 17.5 Å². The molecule has 180 valence electrons. The molecule has 1 aliphatic carbocycles. The average Bonchev–Trinajstić information content (AvgIpc) is 3.47. The molecule has 2 aliphatic rings. The van der Waals surface area contributed by atoms with Crippen molar-refractivity contribution in [1.29, 1.82) is 0 Å². The number of halogens is 2. The van der Waals surface area contributed by atoms with Crippen molar-refractivity contribution in [3.05, 3.63) is 29.1 Å². The first-order chi connectivity index (χ1) is 16.5. The lowest BCUT2D eigenvalue weighted by Gasteiger charge is -2.21. The topological polar surface area (TPSA) is 145 Å². The molecule has 3 aromatic rings. The summed E-state index contributed by atoms with van der Waals surface area (Å²) in [4.78, 5) is 42.0. The molecule has 0 bridgehead atoms. The van der Waals surface area contributed by atoms with Gasteiger partial charge in [0.15, 0.2) is 11.2 Å². The van der Waals surface area contributed by atoms with Crippen LogP contribution in [-0.2, 0) is 21.5 Å². The minimum atomic E-state index is -2.93. The Labute approximate surface area is 198 Å². The van der Waals surface area contributed by atoms with Crippen molar-refractivity contribution in [2.75, 3.05) is 11.1 Å². The molecule has 3 aromatic heterocycles. The normalized spacial score (nSPS) is 19.3. The maximum atomic E-state index is 13.5. The van der Waals surface area contributed by atoms with Crippen LogP contribution >= 0.6 is 0 Å². The minimum absolute atomic E-state index is 0.0257. The smallest absolute Gasteiger partial charge is 0.271 e. The fraction of sp³-hybridized carbons (Fsp3) is 0.409. The Morgan fingerprint density at radius 2 is 2.11 bits per heavy atom. The van der Waals surface area contributed by atoms with Crippen LogP contribution in [0.2, 0.25) is 0 Å². The zero-order valence-corrected chi connectivity index (χ0v) is 18.9. The summed E-state index contributed by atoms with van der Waals surface area (Å²) in [6.07, 6.45) is 1.21. The van der Waals surface area contributed by atoms with E-state index in [-0.39, 0.29) is 52.8 Å². The van der Waals surface area contributed by atoms with Gasteiger partial charge in [0.2, 0.25) is 17.7 Å². The van der Waals surface area contributed by atoms with Crippen molar-refractivity contribution in [2.24, 2.45) is 0 Å². The predicted molar refractivity (Wildman–Crippen MR) is 122 cm³/mol. The highest BCUT2D eigenvalue weighted by molar-refractivity contribution is 6.21. The second-order valence-corrected chi connectivity index (χ2v) is 9.03. The predicted octanol–water partition coefficient (Wildman–Crippen LogP) is 2.55. The van der Waals surface area contributed by atoms with Crippen LogP contribution in [0.15, 0.2) is 12.1 Å². The van der Waals surface area contributed by atoms with E-state index in [9.17, 15) is 18.4 Å². The Balaban J connectivity index is 1.60. The maximum Gasteiger partial charge on any atom is 0.271 e. The number of carbonyl (C=O) groups is 2. The van der Waals surface area contributed by atoms with Gasteiger partial charge in [-0.3, -0.25) is 9.59 Å². The summed E-state index contributed by atoms with van der Waals surface area (Å²) in [5.41, 5.74) is 5.23. The molecule has 1 aliphatic heterocycles. The van der Waals surface area contributed by atoms with Gasteiger partial charge in [0.25, 0.3) is 11.5 Å². The summed E-state index contributed by atoms with van der Waals surface area (Å²) >= 11 is 0. The fourth-order valence-corrected chi connectivity index (χ4v) is 4.02. The number of carbonyl (C=O) groups excluding carboxylic acids is 2. The number of aromatic nitrogens is 5. The summed E-state index contributed by atoms with van der Waals surface area (Å²) < 4.78 is 28.3. The van der Waals surface area contributed by atoms with Gasteiger partial charge in [-0.25, -0.2) is 23.4 Å². The number of nitrogens with zero attached hydrogens (tertiary/aromatic N) is 6. The van der Waals surface area contributed by atoms with Gasteiger partial charge in [-0.15, -0.1) is 0 Å². The Morgan fingerprint density at radius 3 is 2.77 bits per heavy atom. The molecule has 4 heterocycles. The molecule has 0 spiro atoms. The molecule has 0 saturated heterocycles. The number of nitrogens with two attached hydrogens (primary N) is 1. The molecule has 1 saturated carbocycles. The molecular formula is C22H21F2N9O2. The van der Waals surface area contributed by atoms with E-state index in [2.05, 4.69) is 35.5 Å². The highest BCUT2D eigenvalue weighted by Crippen LogP contribution is 2.42. The fourth-order valence-electron chi connectivity index (χ4n) is 4.02. The molecule has 2 amide bonds. The standard InChI is InChI=1S/C22H21F2N9O2/c1-21(23,24)8-9-33-18-11(6-7-12(26-3)28-18)14(32-33)17-29-15(25)13-16(30-17)31-20(35)22(13,2)19(34)27-10-4-5-10/h6-7,10H,4-5,8-9H2,1-2H3,(H,27,34)(H3,25,29,30,31,35). The summed E-state index contributed by atoms with van der Waals surface area (Å²) in [7, 11) is 0. The van der Waals surface area contributed by atoms with Gasteiger partial charge in [-0.2, -0.15) is 5.10 Å². The molecule has 13 heteroatoms. The minimum Gasteiger partial charge on any atom is -0.383 e. The van der Waals surface area contributed by atoms with E-state index in [0.29, 0.717) is 5.39 Å². The van der Waals surface area contributed by atoms with Crippen LogP contribution in [0.5, 0.6) is 0 Å². The summed E-state index contributed by atoms with van der Waals surface area (Å²) in [5, 5.41) is 10.3. The van der Waals surface area contributed by atoms with Crippen LogP contribution < -0.4 is 16.4 Å². The Hall–Kier alpha value is -4.21. The average molecular weight is 481 g/mol. The third kappa shape index (κ3) is 3.80. The maximum absolute atomic E-state index is 13.5. The Bertz CT molecular complexity index is 1440. The first-order valence-electron chi connectivity index (χ1n) is 10.9. The molecule has 5 rings (SSSR count). The van der Waals surface area contributed by atoms with Gasteiger partial charge in [-0.1, -0.05) is 17.6 Å². The SMILES string of the molecule is [C-]#[N+]c1ccc2c(-c3nc(N)c4c(n3)NC(=O)C4(C)C(=O)NC3CC3)nn(CCC(C)(F)F)c2n1. The molecule has 35 heavy (non-hydrogen) atoms. The summed E-state index contributed by atoms with van der Waals surface area (Å²) in [6, 6.07) is 3.09. The number of nitrogens with one attached hydrogen (secondary N) is 2. The largest absolute Gasteiger partial charge is 0.383 e. The number of hydrogen-bond donors (Lipinski definition) is 3. The number of hydrogen-bond acceptors (Lipinski definition) is 7. The van der Waals surface area contributed by atoms with E-state index >= 15 is 0 Å². The lowest BCUT2D eigenvalue weighted by Crippen LogP contribution is -2.48. The van der Waals surface area contributed by atoms with E-state index in [1.807, 2.05) is 0 Å². The monoisotopic (exact) mass is 481 g/mol. The number of rotatable bonds is 6. The third-order valence-corrected chi connectivity index (χ3v) is 6.16. The molecule has 4 N–H and O–H groups in total. The molecule has 0 aromatic carbocycles. The molecule has 11 nitrogen and oxygen atoms in total. The van der Waals surface area contributed by atoms with Crippen molar-refractivity contribution < 1.29 is 18.4 Å². The van der Waals surface area contributed by atoms with Gasteiger partial charge < -0.3 is 21.2 Å². The van der Waals surface area contributed by atoms with E-state index in [1.165, 1.54) is 17.7 Å². The highest BCUT2D eigenvalue weighted by Gasteiger charge is 2.53. The van der Waals surface area contributed by atoms with Crippen LogP contribution in [0.3, 0.4) is 0 Å². The molecule has 1 fully saturated rings. The van der Waals surface area contributed by atoms with Crippen LogP contribution in [0.1, 0.15) is 38.7 Å². The zero-order valence-electron chi connectivity index (χ0n) is 18.9. The number of aryl methyl sites for hydroxylation is 1. The van der Waals surface area contributed by atoms with Crippen molar-refractivity contribution in [2.45, 2.75) is 57.0 Å². The summed E-state index contributed by atoms with van der Waals surface area (Å²) in [6.45, 7) is 9.32. The number of anilines is 2. The van der Waals surface area contributed by atoms with E-state index < -0.39 is 29.6 Å². The van der Waals surface area contributed by atoms with Gasteiger partial charge in [0, 0.05) is 12.5 Å². The number of nitrogen functional groups attached to an aromatic ring is 1. The summed E-state index contributed by atoms with van der Waals surface area (Å²) in [5.74, 6) is -3.88. The van der Waals surface area contributed by atoms with Crippen LogP contribution in [0, 0.1) is 6.57 Å². The third-order valence-electron chi connectivity index (χ3n) is 6.16. The molecule has 1 unspecified atom stereocenters. The first kappa shape index (κ1) is 22.6. The second kappa shape index (κ2) is 7.66. The number of alkyl halides is 2. The molecular weight excluding hydrogens is 460 g/mol. The lowest BCUT2D eigenvalue weighted by molar-refractivity contribution is -0.133. The molecule has 0 radical (unpaired) electrons. The molecule has 1 atom stereocenters. The van der Waals surface area contributed by atoms with Crippen molar-refractivity contribution in [3.8, 4) is 11.5 Å². The van der Waals surface area contributed by atoms with Crippen LogP contribution in [0.25, 0.3) is 27.4 Å².